The van der Waals surface area contributed by atoms with Crippen molar-refractivity contribution >= 4 is 11.3 Å². The fraction of sp³-hybridized carbons (Fsp3) is 0.350. The summed E-state index contributed by atoms with van der Waals surface area (Å²) in [6.45, 7) is 4.55. The average Bonchev–Trinajstić information content (AvgIpc) is 3.31. The Kier molecular flexibility index (Phi) is 4.97. The molecule has 5 heteroatoms. The predicted molar refractivity (Wildman–Crippen MR) is 101 cm³/mol. The fourth-order valence-corrected chi connectivity index (χ4v) is 4.40. The van der Waals surface area contributed by atoms with Crippen molar-refractivity contribution < 1.29 is 4.74 Å². The highest BCUT2D eigenvalue weighted by atomic mass is 32.1. The second-order valence-electron chi connectivity index (χ2n) is 6.47. The summed E-state index contributed by atoms with van der Waals surface area (Å²) in [4.78, 5) is 8.66. The van der Waals surface area contributed by atoms with Gasteiger partial charge in [0.05, 0.1) is 12.5 Å². The number of benzene rings is 1. The van der Waals surface area contributed by atoms with Crippen molar-refractivity contribution in [1.82, 2.24) is 14.5 Å². The predicted octanol–water partition coefficient (Wildman–Crippen LogP) is 3.74. The number of hydrogen-bond donors (Lipinski definition) is 0. The van der Waals surface area contributed by atoms with E-state index < -0.39 is 0 Å². The van der Waals surface area contributed by atoms with E-state index in [4.69, 9.17) is 9.72 Å². The second-order valence-corrected chi connectivity index (χ2v) is 7.50. The number of imidazole rings is 1. The quantitative estimate of drug-likeness (QED) is 0.676. The Bertz CT molecular complexity index is 812. The molecular formula is C20H23N3OS. The van der Waals surface area contributed by atoms with Crippen molar-refractivity contribution in [2.45, 2.75) is 25.6 Å². The summed E-state index contributed by atoms with van der Waals surface area (Å²) in [5.74, 6) is 1.44. The van der Waals surface area contributed by atoms with Crippen molar-refractivity contribution in [1.29, 1.82) is 0 Å². The van der Waals surface area contributed by atoms with E-state index >= 15 is 0 Å². The maximum Gasteiger partial charge on any atom is 0.117 e. The molecule has 0 spiro atoms. The topological polar surface area (TPSA) is 30.3 Å². The Morgan fingerprint density at radius 1 is 1.24 bits per heavy atom. The summed E-state index contributed by atoms with van der Waals surface area (Å²) in [5.41, 5.74) is 2.83. The van der Waals surface area contributed by atoms with Gasteiger partial charge < -0.3 is 9.30 Å². The molecule has 25 heavy (non-hydrogen) atoms. The molecule has 4 rings (SSSR count). The van der Waals surface area contributed by atoms with Crippen LogP contribution >= 0.6 is 11.3 Å². The molecule has 3 heterocycles. The van der Waals surface area contributed by atoms with Gasteiger partial charge in [0.15, 0.2) is 0 Å². The van der Waals surface area contributed by atoms with Gasteiger partial charge in [-0.15, -0.1) is 11.3 Å². The van der Waals surface area contributed by atoms with Gasteiger partial charge in [0.25, 0.3) is 0 Å². The molecule has 0 N–H and O–H groups in total. The maximum absolute atomic E-state index is 5.26. The molecule has 0 fully saturated rings. The van der Waals surface area contributed by atoms with E-state index in [0.29, 0.717) is 12.5 Å². The number of rotatable bonds is 6. The Morgan fingerprint density at radius 2 is 2.16 bits per heavy atom. The van der Waals surface area contributed by atoms with Crippen LogP contribution in [-0.2, 0) is 24.4 Å². The van der Waals surface area contributed by atoms with Crippen LogP contribution in [0.5, 0.6) is 0 Å². The van der Waals surface area contributed by atoms with E-state index in [1.807, 2.05) is 17.5 Å². The molecular weight excluding hydrogens is 330 g/mol. The van der Waals surface area contributed by atoms with Gasteiger partial charge in [-0.1, -0.05) is 30.3 Å². The maximum atomic E-state index is 5.26. The number of hydrogen-bond acceptors (Lipinski definition) is 4. The molecule has 1 aliphatic heterocycles. The standard InChI is InChI=1S/C20H23N3OS/c1-24-11-10-23-9-8-21-20(23)19-15-22(14-17-6-4-12-25-17)13-16-5-2-3-7-18(16)19/h2-9,12,19H,10-11,13-15H2,1H3. The zero-order valence-corrected chi connectivity index (χ0v) is 15.3. The van der Waals surface area contributed by atoms with Crippen molar-refractivity contribution in [3.8, 4) is 0 Å². The first-order valence-corrected chi connectivity index (χ1v) is 9.55. The SMILES string of the molecule is COCCn1ccnc1C1CN(Cc2cccs2)Cc2ccccc21. The molecule has 1 atom stereocenters. The van der Waals surface area contributed by atoms with Crippen LogP contribution in [-0.4, -0.2) is 34.7 Å². The molecule has 1 aliphatic rings. The number of fused-ring (bicyclic) bond motifs is 1. The molecule has 130 valence electrons. The molecule has 1 unspecified atom stereocenters. The molecule has 0 saturated heterocycles. The van der Waals surface area contributed by atoms with Crippen molar-refractivity contribution in [2.24, 2.45) is 0 Å². The van der Waals surface area contributed by atoms with Crippen molar-refractivity contribution in [3.05, 3.63) is 76.0 Å². The number of ether oxygens (including phenoxy) is 1. The molecule has 0 saturated carbocycles. The first kappa shape index (κ1) is 16.5. The Morgan fingerprint density at radius 3 is 3.00 bits per heavy atom. The van der Waals surface area contributed by atoms with Crippen LogP contribution in [0, 0.1) is 0 Å². The molecule has 0 radical (unpaired) electrons. The first-order chi connectivity index (χ1) is 12.3. The Balaban J connectivity index is 1.64. The van der Waals surface area contributed by atoms with Crippen molar-refractivity contribution in [3.63, 3.8) is 0 Å². The van der Waals surface area contributed by atoms with Crippen molar-refractivity contribution in [2.75, 3.05) is 20.3 Å². The van der Waals surface area contributed by atoms with E-state index in [1.165, 1.54) is 16.0 Å². The lowest BCUT2D eigenvalue weighted by Gasteiger charge is -2.34. The lowest BCUT2D eigenvalue weighted by atomic mass is 9.89. The van der Waals surface area contributed by atoms with Crippen LogP contribution in [0.4, 0.5) is 0 Å². The van der Waals surface area contributed by atoms with Gasteiger partial charge in [0.1, 0.15) is 5.82 Å². The second kappa shape index (κ2) is 7.52. The van der Waals surface area contributed by atoms with E-state index in [0.717, 1.165) is 32.0 Å². The lowest BCUT2D eigenvalue weighted by Crippen LogP contribution is -2.34. The third-order valence-electron chi connectivity index (χ3n) is 4.82. The number of nitrogens with zero attached hydrogens (tertiary/aromatic N) is 3. The van der Waals surface area contributed by atoms with Crippen LogP contribution < -0.4 is 0 Å². The largest absolute Gasteiger partial charge is 0.383 e. The van der Waals surface area contributed by atoms with Crippen LogP contribution in [0.25, 0.3) is 0 Å². The van der Waals surface area contributed by atoms with E-state index in [1.54, 1.807) is 7.11 Å². The van der Waals surface area contributed by atoms with Crippen LogP contribution in [0.2, 0.25) is 0 Å². The average molecular weight is 353 g/mol. The van der Waals surface area contributed by atoms with Gasteiger partial charge >= 0.3 is 0 Å². The lowest BCUT2D eigenvalue weighted by molar-refractivity contribution is 0.184. The normalized spacial score (nSPS) is 17.6. The Hall–Kier alpha value is -1.95. The summed E-state index contributed by atoms with van der Waals surface area (Å²) in [7, 11) is 1.75. The zero-order valence-electron chi connectivity index (χ0n) is 14.5. The summed E-state index contributed by atoms with van der Waals surface area (Å²) in [5, 5.41) is 2.15. The number of aromatic nitrogens is 2. The third-order valence-corrected chi connectivity index (χ3v) is 5.68. The molecule has 3 aromatic rings. The van der Waals surface area contributed by atoms with Gasteiger partial charge in [0, 0.05) is 50.6 Å². The van der Waals surface area contributed by atoms with E-state index in [9.17, 15) is 0 Å². The minimum atomic E-state index is 0.303. The Labute approximate surface area is 152 Å². The molecule has 2 aromatic heterocycles. The van der Waals surface area contributed by atoms with Gasteiger partial charge in [-0.05, 0) is 22.6 Å². The molecule has 0 aliphatic carbocycles. The minimum absolute atomic E-state index is 0.303. The summed E-state index contributed by atoms with van der Waals surface area (Å²) in [6.07, 6.45) is 3.97. The fourth-order valence-electron chi connectivity index (χ4n) is 3.65. The molecule has 0 bridgehead atoms. The summed E-state index contributed by atoms with van der Waals surface area (Å²) >= 11 is 1.83. The highest BCUT2D eigenvalue weighted by molar-refractivity contribution is 7.09. The monoisotopic (exact) mass is 353 g/mol. The van der Waals surface area contributed by atoms with E-state index in [-0.39, 0.29) is 0 Å². The van der Waals surface area contributed by atoms with Gasteiger partial charge in [-0.3, -0.25) is 4.90 Å². The van der Waals surface area contributed by atoms with E-state index in [2.05, 4.69) is 57.4 Å². The number of methoxy groups -OCH3 is 1. The molecule has 0 amide bonds. The molecule has 4 nitrogen and oxygen atoms in total. The number of thiophene rings is 1. The van der Waals surface area contributed by atoms with Gasteiger partial charge in [-0.2, -0.15) is 0 Å². The van der Waals surface area contributed by atoms with Gasteiger partial charge in [-0.25, -0.2) is 4.98 Å². The highest BCUT2D eigenvalue weighted by Crippen LogP contribution is 2.33. The van der Waals surface area contributed by atoms with Crippen LogP contribution in [0.1, 0.15) is 27.7 Å². The minimum Gasteiger partial charge on any atom is -0.383 e. The molecule has 1 aromatic carbocycles. The third kappa shape index (κ3) is 3.54. The smallest absolute Gasteiger partial charge is 0.117 e. The summed E-state index contributed by atoms with van der Waals surface area (Å²) < 4.78 is 7.50. The highest BCUT2D eigenvalue weighted by Gasteiger charge is 2.29. The van der Waals surface area contributed by atoms with Gasteiger partial charge in [0.2, 0.25) is 0 Å². The summed E-state index contributed by atoms with van der Waals surface area (Å²) in [6, 6.07) is 13.2. The first-order valence-electron chi connectivity index (χ1n) is 8.67. The van der Waals surface area contributed by atoms with Crippen LogP contribution in [0.3, 0.4) is 0 Å². The zero-order chi connectivity index (χ0) is 17.1. The van der Waals surface area contributed by atoms with Crippen LogP contribution in [0.15, 0.2) is 54.2 Å².